The molecule has 2 aliphatic rings. The molecule has 4 rings (SSSR count). The van der Waals surface area contributed by atoms with Crippen LogP contribution in [0.5, 0.6) is 0 Å². The molecule has 0 aromatic carbocycles. The highest BCUT2D eigenvalue weighted by Crippen LogP contribution is 2.44. The number of nitrogens with zero attached hydrogens (tertiary/aromatic N) is 4. The predicted molar refractivity (Wildman–Crippen MR) is 84.0 cm³/mol. The van der Waals surface area contributed by atoms with Crippen LogP contribution < -0.4 is 16.9 Å². The Labute approximate surface area is 133 Å². The third-order valence-electron chi connectivity index (χ3n) is 4.96. The van der Waals surface area contributed by atoms with Crippen molar-refractivity contribution in [1.29, 1.82) is 0 Å². The first-order valence-corrected chi connectivity index (χ1v) is 7.84. The number of rotatable bonds is 2. The average molecular weight is 313 g/mol. The van der Waals surface area contributed by atoms with Crippen LogP contribution in [0.25, 0.3) is 11.4 Å². The Bertz CT molecular complexity index is 763. The summed E-state index contributed by atoms with van der Waals surface area (Å²) in [6.45, 7) is 1.97. The van der Waals surface area contributed by atoms with E-state index in [0.717, 1.165) is 49.2 Å². The summed E-state index contributed by atoms with van der Waals surface area (Å²) >= 11 is 0. The molecule has 8 nitrogen and oxygen atoms in total. The molecule has 8 heteroatoms. The van der Waals surface area contributed by atoms with Crippen LogP contribution in [0.2, 0.25) is 0 Å². The van der Waals surface area contributed by atoms with Crippen molar-refractivity contribution in [1.82, 2.24) is 25.2 Å². The van der Waals surface area contributed by atoms with Gasteiger partial charge in [0.05, 0.1) is 5.69 Å². The van der Waals surface area contributed by atoms with Crippen LogP contribution in [-0.2, 0) is 6.42 Å². The number of nitrogens with two attached hydrogens (primary N) is 2. The Morgan fingerprint density at radius 2 is 2.13 bits per heavy atom. The molecule has 0 spiro atoms. The number of nitrogens with one attached hydrogen (secondary N) is 1. The Kier molecular flexibility index (Phi) is 3.26. The van der Waals surface area contributed by atoms with Crippen LogP contribution in [0, 0.1) is 5.92 Å². The van der Waals surface area contributed by atoms with Crippen LogP contribution in [0.15, 0.2) is 12.5 Å². The van der Waals surface area contributed by atoms with Crippen molar-refractivity contribution in [3.05, 3.63) is 29.3 Å². The predicted octanol–water partition coefficient (Wildman–Crippen LogP) is -0.208. The van der Waals surface area contributed by atoms with E-state index in [1.54, 1.807) is 0 Å². The topological polar surface area (TPSA) is 125 Å². The molecule has 1 saturated heterocycles. The van der Waals surface area contributed by atoms with E-state index in [0.29, 0.717) is 11.6 Å². The lowest BCUT2D eigenvalue weighted by atomic mass is 9.73. The molecule has 120 valence electrons. The molecular weight excluding hydrogens is 294 g/mol. The number of piperidine rings is 1. The maximum Gasteiger partial charge on any atom is 0.269 e. The zero-order valence-electron chi connectivity index (χ0n) is 12.7. The minimum Gasteiger partial charge on any atom is -0.364 e. The summed E-state index contributed by atoms with van der Waals surface area (Å²) in [5.41, 5.74) is 9.18. The van der Waals surface area contributed by atoms with Crippen LogP contribution >= 0.6 is 0 Å². The highest BCUT2D eigenvalue weighted by molar-refractivity contribution is 5.95. The molecule has 2 aromatic heterocycles. The van der Waals surface area contributed by atoms with Gasteiger partial charge < -0.3 is 16.9 Å². The van der Waals surface area contributed by atoms with Gasteiger partial charge in [0, 0.05) is 11.8 Å². The zero-order valence-corrected chi connectivity index (χ0v) is 12.7. The smallest absolute Gasteiger partial charge is 0.269 e. The first-order valence-electron chi connectivity index (χ1n) is 7.84. The standard InChI is InChI=1S/C15H19N7O/c16-15(23)13-11-10(8-1-3-18-4-2-8)5-9-6-19-7-20-12(9)14(11)22(17)21-13/h6-8,10,18H,1-5,17H2,(H2,16,23). The van der Waals surface area contributed by atoms with Gasteiger partial charge in [-0.3, -0.25) is 4.79 Å². The molecule has 1 aliphatic heterocycles. The zero-order chi connectivity index (χ0) is 16.0. The molecular formula is C15H19N7O. The van der Waals surface area contributed by atoms with Crippen molar-refractivity contribution < 1.29 is 4.79 Å². The monoisotopic (exact) mass is 313 g/mol. The molecule has 0 bridgehead atoms. The molecule has 1 fully saturated rings. The van der Waals surface area contributed by atoms with Crippen LogP contribution in [0.1, 0.15) is 40.4 Å². The van der Waals surface area contributed by atoms with Gasteiger partial charge in [0.25, 0.3) is 5.91 Å². The number of aromatic nitrogens is 4. The van der Waals surface area contributed by atoms with Gasteiger partial charge in [0.2, 0.25) is 0 Å². The van der Waals surface area contributed by atoms with Crippen LogP contribution in [0.3, 0.4) is 0 Å². The van der Waals surface area contributed by atoms with E-state index in [1.807, 2.05) is 6.20 Å². The van der Waals surface area contributed by atoms with E-state index < -0.39 is 5.91 Å². The summed E-state index contributed by atoms with van der Waals surface area (Å²) in [4.78, 5) is 21.6. The largest absolute Gasteiger partial charge is 0.364 e. The number of carbonyl (C=O) groups excluding carboxylic acids is 1. The average Bonchev–Trinajstić information content (AvgIpc) is 2.93. The van der Waals surface area contributed by atoms with Gasteiger partial charge >= 0.3 is 0 Å². The van der Waals surface area contributed by atoms with Crippen molar-refractivity contribution in [2.45, 2.75) is 25.2 Å². The fourth-order valence-electron chi connectivity index (χ4n) is 3.93. The van der Waals surface area contributed by atoms with Crippen molar-refractivity contribution in [3.63, 3.8) is 0 Å². The van der Waals surface area contributed by atoms with E-state index in [4.69, 9.17) is 11.6 Å². The summed E-state index contributed by atoms with van der Waals surface area (Å²) in [7, 11) is 0. The van der Waals surface area contributed by atoms with Gasteiger partial charge in [0.15, 0.2) is 5.69 Å². The Hall–Kier alpha value is -2.48. The number of hydrogen-bond donors (Lipinski definition) is 3. The Balaban J connectivity index is 1.90. The first kappa shape index (κ1) is 14.1. The quantitative estimate of drug-likeness (QED) is 0.659. The maximum absolute atomic E-state index is 11.9. The van der Waals surface area contributed by atoms with Crippen LogP contribution in [0.4, 0.5) is 0 Å². The lowest BCUT2D eigenvalue weighted by Crippen LogP contribution is -2.33. The van der Waals surface area contributed by atoms with Gasteiger partial charge in [-0.1, -0.05) is 0 Å². The second-order valence-electron chi connectivity index (χ2n) is 6.21. The van der Waals surface area contributed by atoms with Crippen molar-refractivity contribution in [3.8, 4) is 11.4 Å². The SMILES string of the molecule is NC(=O)c1nn(N)c2c1C(C1CCNCC1)Cc1cncnc1-2. The highest BCUT2D eigenvalue weighted by Gasteiger charge is 2.38. The lowest BCUT2D eigenvalue weighted by molar-refractivity contribution is 0.0993. The van der Waals surface area contributed by atoms with Crippen molar-refractivity contribution >= 4 is 5.91 Å². The molecule has 3 heterocycles. The number of nitrogen functional groups attached to an aromatic ring is 1. The van der Waals surface area contributed by atoms with E-state index in [9.17, 15) is 4.79 Å². The fourth-order valence-corrected chi connectivity index (χ4v) is 3.93. The maximum atomic E-state index is 11.9. The first-order chi connectivity index (χ1) is 11.2. The van der Waals surface area contributed by atoms with Gasteiger partial charge in [-0.2, -0.15) is 4.79 Å². The van der Waals surface area contributed by atoms with Crippen LogP contribution in [-0.4, -0.2) is 38.9 Å². The van der Waals surface area contributed by atoms with E-state index in [-0.39, 0.29) is 11.6 Å². The summed E-state index contributed by atoms with van der Waals surface area (Å²) in [5, 5.41) is 7.56. The highest BCUT2D eigenvalue weighted by atomic mass is 16.1. The van der Waals surface area contributed by atoms with Gasteiger partial charge in [-0.25, -0.2) is 9.97 Å². The molecule has 5 N–H and O–H groups in total. The summed E-state index contributed by atoms with van der Waals surface area (Å²) in [6.07, 6.45) is 6.22. The third-order valence-corrected chi connectivity index (χ3v) is 4.96. The van der Waals surface area contributed by atoms with Gasteiger partial charge in [0.1, 0.15) is 12.0 Å². The van der Waals surface area contributed by atoms with Crippen molar-refractivity contribution in [2.75, 3.05) is 18.9 Å². The van der Waals surface area contributed by atoms with Gasteiger partial charge in [-0.15, -0.1) is 5.10 Å². The lowest BCUT2D eigenvalue weighted by Gasteiger charge is -2.34. The fraction of sp³-hybridized carbons (Fsp3) is 0.467. The normalized spacial score (nSPS) is 20.8. The molecule has 0 saturated carbocycles. The van der Waals surface area contributed by atoms with E-state index >= 15 is 0 Å². The number of hydrogen-bond acceptors (Lipinski definition) is 6. The van der Waals surface area contributed by atoms with E-state index in [1.165, 1.54) is 11.1 Å². The third kappa shape index (κ3) is 2.17. The summed E-state index contributed by atoms with van der Waals surface area (Å²) < 4.78 is 0. The Morgan fingerprint density at radius 1 is 1.35 bits per heavy atom. The minimum absolute atomic E-state index is 0.172. The molecule has 1 unspecified atom stereocenters. The molecule has 23 heavy (non-hydrogen) atoms. The molecule has 1 aliphatic carbocycles. The molecule has 1 amide bonds. The summed E-state index contributed by atoms with van der Waals surface area (Å²) in [6, 6.07) is 0. The van der Waals surface area contributed by atoms with E-state index in [2.05, 4.69) is 20.4 Å². The van der Waals surface area contributed by atoms with Crippen molar-refractivity contribution in [2.24, 2.45) is 11.7 Å². The second-order valence-corrected chi connectivity index (χ2v) is 6.21. The minimum atomic E-state index is -0.540. The number of primary amides is 1. The van der Waals surface area contributed by atoms with Gasteiger partial charge in [-0.05, 0) is 49.8 Å². The molecule has 1 atom stereocenters. The Morgan fingerprint density at radius 3 is 2.87 bits per heavy atom. The number of amides is 1. The molecule has 0 radical (unpaired) electrons. The summed E-state index contributed by atoms with van der Waals surface area (Å²) in [5.74, 6) is 6.13. The number of fused-ring (bicyclic) bond motifs is 3. The second kappa shape index (κ2) is 5.31. The number of carbonyl (C=O) groups is 1. The molecule has 2 aromatic rings.